The minimum atomic E-state index is 0.00996. The summed E-state index contributed by atoms with van der Waals surface area (Å²) in [5.41, 5.74) is 3.66. The van der Waals surface area contributed by atoms with Crippen molar-refractivity contribution in [3.8, 4) is 11.6 Å². The third-order valence-corrected chi connectivity index (χ3v) is 2.95. The number of aromatic hydroxyl groups is 1. The van der Waals surface area contributed by atoms with E-state index in [2.05, 4.69) is 9.97 Å². The first-order chi connectivity index (χ1) is 8.65. The largest absolute Gasteiger partial charge is 0.493 e. The molecule has 4 heteroatoms. The van der Waals surface area contributed by atoms with Crippen LogP contribution in [0.5, 0.6) is 5.88 Å². The molecule has 2 heterocycles. The quantitative estimate of drug-likeness (QED) is 0.710. The third kappa shape index (κ3) is 1.62. The van der Waals surface area contributed by atoms with E-state index >= 15 is 0 Å². The molecule has 0 atom stereocenters. The van der Waals surface area contributed by atoms with E-state index in [-0.39, 0.29) is 5.88 Å². The Bertz CT molecular complexity index is 714. The summed E-state index contributed by atoms with van der Waals surface area (Å²) in [6, 6.07) is 11.5. The average molecular weight is 239 g/mol. The maximum Gasteiger partial charge on any atom is 0.212 e. The monoisotopic (exact) mass is 239 g/mol. The maximum absolute atomic E-state index is 9.50. The number of imidazole rings is 1. The van der Waals surface area contributed by atoms with Gasteiger partial charge in [-0.15, -0.1) is 0 Å². The van der Waals surface area contributed by atoms with Crippen molar-refractivity contribution in [1.82, 2.24) is 14.5 Å². The fourth-order valence-corrected chi connectivity index (χ4v) is 2.06. The summed E-state index contributed by atoms with van der Waals surface area (Å²) in [6.07, 6.45) is 0. The van der Waals surface area contributed by atoms with Crippen LogP contribution in [-0.4, -0.2) is 19.6 Å². The topological polar surface area (TPSA) is 50.9 Å². The molecule has 0 saturated heterocycles. The van der Waals surface area contributed by atoms with E-state index in [1.807, 2.05) is 42.7 Å². The number of hydrogen-bond acceptors (Lipinski definition) is 3. The second-order valence-corrected chi connectivity index (χ2v) is 4.34. The van der Waals surface area contributed by atoms with Gasteiger partial charge in [0.05, 0.1) is 0 Å². The van der Waals surface area contributed by atoms with Crippen LogP contribution < -0.4 is 0 Å². The molecule has 0 aliphatic carbocycles. The maximum atomic E-state index is 9.50. The Hall–Kier alpha value is -2.36. The summed E-state index contributed by atoms with van der Waals surface area (Å²) in [5.74, 6) is 0.864. The molecular weight excluding hydrogens is 226 g/mol. The highest BCUT2D eigenvalue weighted by Crippen LogP contribution is 2.21. The lowest BCUT2D eigenvalue weighted by atomic mass is 10.2. The zero-order chi connectivity index (χ0) is 12.7. The van der Waals surface area contributed by atoms with E-state index in [1.165, 1.54) is 5.56 Å². The Morgan fingerprint density at radius 1 is 0.944 bits per heavy atom. The molecule has 4 nitrogen and oxygen atoms in total. The number of nitrogens with zero attached hydrogens (tertiary/aromatic N) is 3. The van der Waals surface area contributed by atoms with Crippen LogP contribution in [0, 0.1) is 13.8 Å². The van der Waals surface area contributed by atoms with E-state index in [0.29, 0.717) is 5.65 Å². The molecule has 0 bridgehead atoms. The fourth-order valence-electron chi connectivity index (χ4n) is 2.06. The van der Waals surface area contributed by atoms with E-state index in [9.17, 15) is 5.11 Å². The van der Waals surface area contributed by atoms with Crippen molar-refractivity contribution in [2.45, 2.75) is 13.8 Å². The van der Waals surface area contributed by atoms with Crippen LogP contribution in [0.25, 0.3) is 16.9 Å². The Morgan fingerprint density at radius 3 is 2.39 bits per heavy atom. The van der Waals surface area contributed by atoms with Gasteiger partial charge >= 0.3 is 0 Å². The zero-order valence-corrected chi connectivity index (χ0v) is 10.3. The van der Waals surface area contributed by atoms with Crippen molar-refractivity contribution >= 4 is 11.2 Å². The van der Waals surface area contributed by atoms with Crippen LogP contribution in [0.4, 0.5) is 0 Å². The van der Waals surface area contributed by atoms with Crippen LogP contribution >= 0.6 is 0 Å². The van der Waals surface area contributed by atoms with Crippen LogP contribution in [0.3, 0.4) is 0 Å². The normalized spacial score (nSPS) is 11.0. The lowest BCUT2D eigenvalue weighted by Crippen LogP contribution is -1.97. The number of aromatic nitrogens is 3. The van der Waals surface area contributed by atoms with Gasteiger partial charge in [0.1, 0.15) is 11.3 Å². The lowest BCUT2D eigenvalue weighted by molar-refractivity contribution is 0.455. The summed E-state index contributed by atoms with van der Waals surface area (Å²) in [7, 11) is 0. The highest BCUT2D eigenvalue weighted by Gasteiger charge is 2.10. The van der Waals surface area contributed by atoms with Gasteiger partial charge in [-0.1, -0.05) is 17.7 Å². The van der Waals surface area contributed by atoms with Gasteiger partial charge in [-0.05, 0) is 32.0 Å². The van der Waals surface area contributed by atoms with Crippen molar-refractivity contribution in [2.24, 2.45) is 0 Å². The number of benzene rings is 1. The molecule has 1 N–H and O–H groups in total. The first-order valence-electron chi connectivity index (χ1n) is 5.77. The number of fused-ring (bicyclic) bond motifs is 1. The van der Waals surface area contributed by atoms with Crippen LogP contribution in [0.2, 0.25) is 0 Å². The van der Waals surface area contributed by atoms with E-state index in [0.717, 1.165) is 17.0 Å². The van der Waals surface area contributed by atoms with Crippen LogP contribution in [0.15, 0.2) is 36.4 Å². The van der Waals surface area contributed by atoms with Crippen molar-refractivity contribution in [2.75, 3.05) is 0 Å². The van der Waals surface area contributed by atoms with Gasteiger partial charge in [-0.2, -0.15) is 4.98 Å². The molecule has 3 rings (SSSR count). The van der Waals surface area contributed by atoms with Gasteiger partial charge in [0.25, 0.3) is 0 Å². The smallest absolute Gasteiger partial charge is 0.212 e. The summed E-state index contributed by atoms with van der Waals surface area (Å²) in [6.45, 7) is 3.98. The van der Waals surface area contributed by atoms with Gasteiger partial charge in [0.15, 0.2) is 5.65 Å². The van der Waals surface area contributed by atoms with Crippen LogP contribution in [0.1, 0.15) is 11.4 Å². The van der Waals surface area contributed by atoms with E-state index in [1.54, 1.807) is 12.1 Å². The third-order valence-electron chi connectivity index (χ3n) is 2.95. The number of hydrogen-bond donors (Lipinski definition) is 1. The number of rotatable bonds is 1. The van der Waals surface area contributed by atoms with Gasteiger partial charge in [-0.25, -0.2) is 4.98 Å². The second-order valence-electron chi connectivity index (χ2n) is 4.34. The molecule has 0 aliphatic heterocycles. The standard InChI is InChI=1S/C14H13N3O/c1-9-3-5-11(6-4-9)17-10(2)15-12-7-8-13(18)16-14(12)17/h3-8H,1-2H3,(H,16,18). The first kappa shape index (κ1) is 10.8. The number of pyridine rings is 1. The predicted molar refractivity (Wildman–Crippen MR) is 70.0 cm³/mol. The fraction of sp³-hybridized carbons (Fsp3) is 0.143. The molecular formula is C14H13N3O. The molecule has 0 unspecified atom stereocenters. The van der Waals surface area contributed by atoms with Crippen molar-refractivity contribution in [3.63, 3.8) is 0 Å². The molecule has 0 radical (unpaired) electrons. The molecule has 90 valence electrons. The zero-order valence-electron chi connectivity index (χ0n) is 10.3. The minimum Gasteiger partial charge on any atom is -0.493 e. The van der Waals surface area contributed by atoms with Crippen molar-refractivity contribution in [3.05, 3.63) is 47.8 Å². The molecule has 18 heavy (non-hydrogen) atoms. The van der Waals surface area contributed by atoms with Gasteiger partial charge in [0.2, 0.25) is 5.88 Å². The van der Waals surface area contributed by atoms with E-state index in [4.69, 9.17) is 0 Å². The highest BCUT2D eigenvalue weighted by atomic mass is 16.3. The van der Waals surface area contributed by atoms with Gasteiger partial charge in [-0.3, -0.25) is 4.57 Å². The SMILES string of the molecule is Cc1ccc(-n2c(C)nc3ccc(O)nc32)cc1. The summed E-state index contributed by atoms with van der Waals surface area (Å²) >= 11 is 0. The molecule has 0 spiro atoms. The average Bonchev–Trinajstić information content (AvgIpc) is 2.66. The van der Waals surface area contributed by atoms with Crippen LogP contribution in [-0.2, 0) is 0 Å². The van der Waals surface area contributed by atoms with Gasteiger partial charge in [0, 0.05) is 11.8 Å². The Balaban J connectivity index is 2.30. The van der Waals surface area contributed by atoms with Crippen molar-refractivity contribution < 1.29 is 5.11 Å². The lowest BCUT2D eigenvalue weighted by Gasteiger charge is -2.06. The second kappa shape index (κ2) is 3.84. The number of aryl methyl sites for hydroxylation is 2. The summed E-state index contributed by atoms with van der Waals surface area (Å²) in [5, 5.41) is 9.50. The molecule has 0 aliphatic rings. The molecule has 3 aromatic rings. The minimum absolute atomic E-state index is 0.00996. The Labute approximate surface area is 105 Å². The predicted octanol–water partition coefficient (Wildman–Crippen LogP) is 2.74. The molecule has 1 aromatic carbocycles. The van der Waals surface area contributed by atoms with E-state index < -0.39 is 0 Å². The first-order valence-corrected chi connectivity index (χ1v) is 5.77. The molecule has 0 saturated carbocycles. The molecule has 0 fully saturated rings. The molecule has 0 amide bonds. The van der Waals surface area contributed by atoms with Crippen molar-refractivity contribution in [1.29, 1.82) is 0 Å². The molecule has 2 aromatic heterocycles. The Morgan fingerprint density at radius 2 is 1.67 bits per heavy atom. The summed E-state index contributed by atoms with van der Waals surface area (Å²) < 4.78 is 1.94. The van der Waals surface area contributed by atoms with Gasteiger partial charge < -0.3 is 5.11 Å². The highest BCUT2D eigenvalue weighted by molar-refractivity contribution is 5.74. The Kier molecular flexibility index (Phi) is 2.30. The summed E-state index contributed by atoms with van der Waals surface area (Å²) in [4.78, 5) is 8.59.